The summed E-state index contributed by atoms with van der Waals surface area (Å²) in [6.07, 6.45) is 1.66. The first kappa shape index (κ1) is 22.8. The Morgan fingerprint density at radius 3 is 2.41 bits per heavy atom. The molecule has 172 valence electrons. The first-order valence-electron chi connectivity index (χ1n) is 10.8. The fourth-order valence-corrected chi connectivity index (χ4v) is 3.31. The largest absolute Gasteiger partial charge is 0.507 e. The molecule has 7 heteroatoms. The van der Waals surface area contributed by atoms with Crippen molar-refractivity contribution in [2.45, 2.75) is 13.5 Å². The van der Waals surface area contributed by atoms with E-state index in [0.717, 1.165) is 22.4 Å². The summed E-state index contributed by atoms with van der Waals surface area (Å²) >= 11 is 0. The molecule has 0 aliphatic rings. The number of nitrogens with zero attached hydrogens (tertiary/aromatic N) is 2. The van der Waals surface area contributed by atoms with Crippen molar-refractivity contribution >= 4 is 5.91 Å². The molecule has 0 atom stereocenters. The number of hydrogen-bond acceptors (Lipinski definition) is 6. The van der Waals surface area contributed by atoms with Gasteiger partial charge in [0.25, 0.3) is 5.91 Å². The highest BCUT2D eigenvalue weighted by atomic mass is 16.5. The van der Waals surface area contributed by atoms with Crippen LogP contribution in [-0.4, -0.2) is 34.7 Å². The molecule has 1 heterocycles. The van der Waals surface area contributed by atoms with Crippen molar-refractivity contribution in [3.63, 3.8) is 0 Å². The van der Waals surface area contributed by atoms with E-state index >= 15 is 0 Å². The van der Waals surface area contributed by atoms with Crippen LogP contribution < -0.4 is 14.8 Å². The molecule has 0 aliphatic heterocycles. The second-order valence-electron chi connectivity index (χ2n) is 7.72. The molecule has 4 aromatic rings. The van der Waals surface area contributed by atoms with E-state index in [0.29, 0.717) is 29.4 Å². The third-order valence-corrected chi connectivity index (χ3v) is 5.23. The summed E-state index contributed by atoms with van der Waals surface area (Å²) in [5.74, 6) is 1.46. The second kappa shape index (κ2) is 10.5. The molecule has 0 fully saturated rings. The minimum absolute atomic E-state index is 0.00435. The lowest BCUT2D eigenvalue weighted by molar-refractivity contribution is -0.123. The van der Waals surface area contributed by atoms with E-state index in [4.69, 9.17) is 9.47 Å². The fourth-order valence-electron chi connectivity index (χ4n) is 3.31. The van der Waals surface area contributed by atoms with Gasteiger partial charge in [0.2, 0.25) is 0 Å². The van der Waals surface area contributed by atoms with Crippen LogP contribution in [0.5, 0.6) is 17.2 Å². The summed E-state index contributed by atoms with van der Waals surface area (Å²) in [5.41, 5.74) is 4.14. The van der Waals surface area contributed by atoms with E-state index in [1.165, 1.54) is 6.07 Å². The molecule has 1 aromatic heterocycles. The molecule has 1 amide bonds. The Hall–Kier alpha value is -4.39. The van der Waals surface area contributed by atoms with Crippen molar-refractivity contribution in [1.82, 2.24) is 15.3 Å². The quantitative estimate of drug-likeness (QED) is 0.406. The number of nitrogens with one attached hydrogen (secondary N) is 1. The minimum Gasteiger partial charge on any atom is -0.507 e. The molecule has 0 saturated carbocycles. The van der Waals surface area contributed by atoms with Crippen LogP contribution in [0.25, 0.3) is 22.6 Å². The molecule has 0 spiro atoms. The van der Waals surface area contributed by atoms with Gasteiger partial charge in [0, 0.05) is 29.9 Å². The maximum atomic E-state index is 12.1. The van der Waals surface area contributed by atoms with E-state index in [-0.39, 0.29) is 18.3 Å². The van der Waals surface area contributed by atoms with Crippen molar-refractivity contribution in [3.8, 4) is 39.9 Å². The SMILES string of the molecule is COc1ccc(CNC(=O)COc2ccc(-c3ccnc(-c4ccc(C)cc4)n3)c(O)c2)cc1. The van der Waals surface area contributed by atoms with Crippen LogP contribution in [0, 0.1) is 6.92 Å². The molecule has 0 saturated heterocycles. The topological polar surface area (TPSA) is 93.6 Å². The average Bonchev–Trinajstić information content (AvgIpc) is 2.87. The van der Waals surface area contributed by atoms with E-state index in [1.807, 2.05) is 55.5 Å². The number of aromatic hydroxyl groups is 1. The summed E-state index contributed by atoms with van der Waals surface area (Å²) < 4.78 is 10.7. The number of methoxy groups -OCH3 is 1. The molecule has 4 rings (SSSR count). The fraction of sp³-hybridized carbons (Fsp3) is 0.148. The van der Waals surface area contributed by atoms with Crippen LogP contribution in [0.1, 0.15) is 11.1 Å². The van der Waals surface area contributed by atoms with Crippen molar-refractivity contribution in [2.24, 2.45) is 0 Å². The van der Waals surface area contributed by atoms with Crippen LogP contribution in [0.3, 0.4) is 0 Å². The van der Waals surface area contributed by atoms with Crippen molar-refractivity contribution in [1.29, 1.82) is 0 Å². The summed E-state index contributed by atoms with van der Waals surface area (Å²) in [4.78, 5) is 21.1. The van der Waals surface area contributed by atoms with Gasteiger partial charge in [-0.15, -0.1) is 0 Å². The van der Waals surface area contributed by atoms with Crippen molar-refractivity contribution < 1.29 is 19.4 Å². The predicted molar refractivity (Wildman–Crippen MR) is 130 cm³/mol. The molecule has 2 N–H and O–H groups in total. The zero-order valence-corrected chi connectivity index (χ0v) is 19.0. The van der Waals surface area contributed by atoms with E-state index in [1.54, 1.807) is 31.5 Å². The molecule has 0 aliphatic carbocycles. The number of phenols is 1. The maximum Gasteiger partial charge on any atom is 0.258 e. The third-order valence-electron chi connectivity index (χ3n) is 5.23. The summed E-state index contributed by atoms with van der Waals surface area (Å²) in [7, 11) is 1.61. The number of aryl methyl sites for hydroxylation is 1. The number of ether oxygens (including phenoxy) is 2. The summed E-state index contributed by atoms with van der Waals surface area (Å²) in [6, 6.07) is 22.0. The molecule has 0 radical (unpaired) electrons. The van der Waals surface area contributed by atoms with Gasteiger partial charge < -0.3 is 19.9 Å². The van der Waals surface area contributed by atoms with Crippen molar-refractivity contribution in [2.75, 3.05) is 13.7 Å². The van der Waals surface area contributed by atoms with Gasteiger partial charge in [0.1, 0.15) is 17.2 Å². The summed E-state index contributed by atoms with van der Waals surface area (Å²) in [6.45, 7) is 2.24. The highest BCUT2D eigenvalue weighted by Crippen LogP contribution is 2.32. The van der Waals surface area contributed by atoms with Gasteiger partial charge in [0.05, 0.1) is 12.8 Å². The Kier molecular flexibility index (Phi) is 7.03. The normalized spacial score (nSPS) is 10.5. The highest BCUT2D eigenvalue weighted by molar-refractivity contribution is 5.77. The van der Waals surface area contributed by atoms with Crippen LogP contribution in [0.15, 0.2) is 79.0 Å². The molecular formula is C27H25N3O4. The van der Waals surface area contributed by atoms with E-state index in [2.05, 4.69) is 15.3 Å². The van der Waals surface area contributed by atoms with Crippen molar-refractivity contribution in [3.05, 3.63) is 90.1 Å². The zero-order valence-electron chi connectivity index (χ0n) is 19.0. The van der Waals surface area contributed by atoms with Gasteiger partial charge in [-0.25, -0.2) is 9.97 Å². The van der Waals surface area contributed by atoms with E-state index in [9.17, 15) is 9.90 Å². The number of carbonyl (C=O) groups excluding carboxylic acids is 1. The minimum atomic E-state index is -0.266. The van der Waals surface area contributed by atoms with Gasteiger partial charge in [-0.05, 0) is 42.8 Å². The number of phenolic OH excluding ortho intramolecular Hbond substituents is 1. The average molecular weight is 456 g/mol. The number of carbonyl (C=O) groups is 1. The molecule has 34 heavy (non-hydrogen) atoms. The number of rotatable bonds is 8. The third kappa shape index (κ3) is 5.69. The zero-order chi connectivity index (χ0) is 23.9. The second-order valence-corrected chi connectivity index (χ2v) is 7.72. The Bertz CT molecular complexity index is 1270. The molecular weight excluding hydrogens is 430 g/mol. The van der Waals surface area contributed by atoms with Gasteiger partial charge in [0.15, 0.2) is 12.4 Å². The van der Waals surface area contributed by atoms with Crippen LogP contribution >= 0.6 is 0 Å². The van der Waals surface area contributed by atoms with Gasteiger partial charge >= 0.3 is 0 Å². The highest BCUT2D eigenvalue weighted by Gasteiger charge is 2.11. The predicted octanol–water partition coefficient (Wildman–Crippen LogP) is 4.53. The molecule has 3 aromatic carbocycles. The smallest absolute Gasteiger partial charge is 0.258 e. The molecule has 7 nitrogen and oxygen atoms in total. The Morgan fingerprint density at radius 1 is 0.971 bits per heavy atom. The monoisotopic (exact) mass is 455 g/mol. The lowest BCUT2D eigenvalue weighted by atomic mass is 10.1. The van der Waals surface area contributed by atoms with Gasteiger partial charge in [-0.3, -0.25) is 4.79 Å². The van der Waals surface area contributed by atoms with Crippen LogP contribution in [0.4, 0.5) is 0 Å². The Balaban J connectivity index is 1.37. The lowest BCUT2D eigenvalue weighted by Crippen LogP contribution is -2.28. The summed E-state index contributed by atoms with van der Waals surface area (Å²) in [5, 5.41) is 13.4. The first-order valence-corrected chi connectivity index (χ1v) is 10.8. The number of amides is 1. The Morgan fingerprint density at radius 2 is 1.71 bits per heavy atom. The van der Waals surface area contributed by atoms with Crippen LogP contribution in [-0.2, 0) is 11.3 Å². The maximum absolute atomic E-state index is 12.1. The number of hydrogen-bond donors (Lipinski definition) is 2. The van der Waals surface area contributed by atoms with Gasteiger partial charge in [-0.2, -0.15) is 0 Å². The first-order chi connectivity index (χ1) is 16.5. The number of benzene rings is 3. The standard InChI is InChI=1S/C27H25N3O4/c1-18-3-7-20(8-4-18)27-28-14-13-24(30-27)23-12-11-22(15-25(23)31)34-17-26(32)29-16-19-5-9-21(33-2)10-6-19/h3-15,31H,16-17H2,1-2H3,(H,29,32). The van der Waals surface area contributed by atoms with Gasteiger partial charge in [-0.1, -0.05) is 42.0 Å². The van der Waals surface area contributed by atoms with E-state index < -0.39 is 0 Å². The lowest BCUT2D eigenvalue weighted by Gasteiger charge is -2.10. The van der Waals surface area contributed by atoms with Crippen LogP contribution in [0.2, 0.25) is 0 Å². The number of aromatic nitrogens is 2. The molecule has 0 unspecified atom stereocenters. The molecule has 0 bridgehead atoms. The Labute approximate surface area is 198 Å².